The molecule has 2 fully saturated rings. The minimum atomic E-state index is 0.0767. The van der Waals surface area contributed by atoms with E-state index in [0.717, 1.165) is 44.2 Å². The van der Waals surface area contributed by atoms with E-state index in [1.807, 2.05) is 0 Å². The summed E-state index contributed by atoms with van der Waals surface area (Å²) in [7, 11) is 0. The van der Waals surface area contributed by atoms with E-state index in [-0.39, 0.29) is 6.10 Å². The molecular formula is C19H26N4O. The molecular weight excluding hydrogens is 300 g/mol. The van der Waals surface area contributed by atoms with Gasteiger partial charge in [-0.25, -0.2) is 0 Å². The molecule has 2 atom stereocenters. The molecule has 3 heterocycles. The Kier molecular flexibility index (Phi) is 4.27. The lowest BCUT2D eigenvalue weighted by Gasteiger charge is -2.20. The molecule has 0 N–H and O–H groups in total. The van der Waals surface area contributed by atoms with Gasteiger partial charge in [0.1, 0.15) is 6.10 Å². The monoisotopic (exact) mass is 326 g/mol. The van der Waals surface area contributed by atoms with Crippen molar-refractivity contribution in [2.45, 2.75) is 58.3 Å². The lowest BCUT2D eigenvalue weighted by Crippen LogP contribution is -2.23. The first-order chi connectivity index (χ1) is 11.7. The van der Waals surface area contributed by atoms with E-state index in [4.69, 9.17) is 4.74 Å². The van der Waals surface area contributed by atoms with E-state index < -0.39 is 0 Å². The molecule has 2 aromatic rings. The van der Waals surface area contributed by atoms with Gasteiger partial charge in [-0.1, -0.05) is 24.3 Å². The van der Waals surface area contributed by atoms with E-state index in [1.54, 1.807) is 0 Å². The quantitative estimate of drug-likeness (QED) is 0.863. The molecule has 0 unspecified atom stereocenters. The van der Waals surface area contributed by atoms with Crippen molar-refractivity contribution < 1.29 is 4.74 Å². The second-order valence-corrected chi connectivity index (χ2v) is 7.08. The van der Waals surface area contributed by atoms with Gasteiger partial charge in [0.15, 0.2) is 5.82 Å². The molecule has 1 aromatic carbocycles. The van der Waals surface area contributed by atoms with Gasteiger partial charge in [0.2, 0.25) is 5.95 Å². The number of benzene rings is 1. The van der Waals surface area contributed by atoms with Crippen LogP contribution in [0, 0.1) is 6.92 Å². The summed E-state index contributed by atoms with van der Waals surface area (Å²) in [6.45, 7) is 7.28. The molecule has 0 amide bonds. The summed E-state index contributed by atoms with van der Waals surface area (Å²) < 4.78 is 8.38. The average molecular weight is 326 g/mol. The number of aromatic nitrogens is 3. The largest absolute Gasteiger partial charge is 0.367 e. The number of hydrogen-bond acceptors (Lipinski definition) is 4. The zero-order valence-corrected chi connectivity index (χ0v) is 14.6. The molecule has 2 aliphatic rings. The van der Waals surface area contributed by atoms with Crippen molar-refractivity contribution in [1.82, 2.24) is 14.8 Å². The van der Waals surface area contributed by atoms with Crippen LogP contribution in [-0.4, -0.2) is 34.0 Å². The maximum atomic E-state index is 6.09. The lowest BCUT2D eigenvalue weighted by molar-refractivity contribution is 0.0482. The highest BCUT2D eigenvalue weighted by atomic mass is 16.5. The molecule has 128 valence electrons. The van der Waals surface area contributed by atoms with Gasteiger partial charge in [-0.2, -0.15) is 0 Å². The van der Waals surface area contributed by atoms with Gasteiger partial charge in [0, 0.05) is 13.1 Å². The first kappa shape index (κ1) is 15.6. The number of aryl methyl sites for hydroxylation is 1. The molecule has 24 heavy (non-hydrogen) atoms. The number of nitrogens with zero attached hydrogens (tertiary/aromatic N) is 4. The number of rotatable bonds is 4. The Labute approximate surface area is 143 Å². The second kappa shape index (κ2) is 6.55. The van der Waals surface area contributed by atoms with Crippen molar-refractivity contribution in [3.05, 3.63) is 41.2 Å². The molecule has 4 rings (SSSR count). The molecule has 0 bridgehead atoms. The number of hydrogen-bond donors (Lipinski definition) is 0. The third-order valence-corrected chi connectivity index (χ3v) is 5.26. The average Bonchev–Trinajstić information content (AvgIpc) is 3.29. The normalized spacial score (nSPS) is 24.0. The molecule has 2 saturated heterocycles. The first-order valence-electron chi connectivity index (χ1n) is 9.10. The Balaban J connectivity index is 1.70. The molecule has 0 radical (unpaired) electrons. The van der Waals surface area contributed by atoms with Gasteiger partial charge < -0.3 is 9.64 Å². The maximum absolute atomic E-state index is 6.09. The minimum absolute atomic E-state index is 0.0767. The zero-order valence-electron chi connectivity index (χ0n) is 14.6. The molecule has 1 aromatic heterocycles. The van der Waals surface area contributed by atoms with E-state index in [2.05, 4.69) is 57.8 Å². The summed E-state index contributed by atoms with van der Waals surface area (Å²) >= 11 is 0. The summed E-state index contributed by atoms with van der Waals surface area (Å²) in [4.78, 5) is 2.37. The summed E-state index contributed by atoms with van der Waals surface area (Å²) in [5.74, 6) is 2.00. The third-order valence-electron chi connectivity index (χ3n) is 5.26. The molecule has 5 nitrogen and oxygen atoms in total. The fraction of sp³-hybridized carbons (Fsp3) is 0.579. The summed E-state index contributed by atoms with van der Waals surface area (Å²) in [5, 5.41) is 9.10. The summed E-state index contributed by atoms with van der Waals surface area (Å²) in [6.07, 6.45) is 5.00. The Morgan fingerprint density at radius 2 is 1.92 bits per heavy atom. The van der Waals surface area contributed by atoms with E-state index >= 15 is 0 Å². The SMILES string of the molecule is Cc1ccccc1Cn1c([C@@H]2CC[C@H](C)O2)nnc1N1CCCC1. The van der Waals surface area contributed by atoms with Gasteiger partial charge in [0.25, 0.3) is 0 Å². The van der Waals surface area contributed by atoms with Crippen molar-refractivity contribution in [3.8, 4) is 0 Å². The van der Waals surface area contributed by atoms with Crippen molar-refractivity contribution in [1.29, 1.82) is 0 Å². The van der Waals surface area contributed by atoms with Crippen LogP contribution in [0.3, 0.4) is 0 Å². The van der Waals surface area contributed by atoms with Gasteiger partial charge in [-0.15, -0.1) is 10.2 Å². The molecule has 0 spiro atoms. The molecule has 5 heteroatoms. The molecule has 2 aliphatic heterocycles. The summed E-state index contributed by atoms with van der Waals surface area (Å²) in [5.41, 5.74) is 2.63. The van der Waals surface area contributed by atoms with Crippen molar-refractivity contribution >= 4 is 5.95 Å². The van der Waals surface area contributed by atoms with Crippen LogP contribution in [0.1, 0.15) is 55.7 Å². The Bertz CT molecular complexity index is 705. The predicted molar refractivity (Wildman–Crippen MR) is 94.3 cm³/mol. The highest BCUT2D eigenvalue weighted by molar-refractivity contribution is 5.35. The van der Waals surface area contributed by atoms with Crippen LogP contribution in [0.5, 0.6) is 0 Å². The predicted octanol–water partition coefficient (Wildman–Crippen LogP) is 3.48. The smallest absolute Gasteiger partial charge is 0.227 e. The number of anilines is 1. The molecule has 0 saturated carbocycles. The van der Waals surface area contributed by atoms with Gasteiger partial charge in [0.05, 0.1) is 12.6 Å². The fourth-order valence-corrected chi connectivity index (χ4v) is 3.80. The Morgan fingerprint density at radius 1 is 1.12 bits per heavy atom. The third kappa shape index (κ3) is 2.93. The number of ether oxygens (including phenoxy) is 1. The topological polar surface area (TPSA) is 43.2 Å². The van der Waals surface area contributed by atoms with Gasteiger partial charge in [-0.05, 0) is 50.7 Å². The molecule has 0 aliphatic carbocycles. The maximum Gasteiger partial charge on any atom is 0.227 e. The second-order valence-electron chi connectivity index (χ2n) is 7.08. The van der Waals surface area contributed by atoms with Crippen molar-refractivity contribution in [2.75, 3.05) is 18.0 Å². The first-order valence-corrected chi connectivity index (χ1v) is 9.10. The highest BCUT2D eigenvalue weighted by Crippen LogP contribution is 2.34. The van der Waals surface area contributed by atoms with E-state index in [9.17, 15) is 0 Å². The van der Waals surface area contributed by atoms with Crippen LogP contribution >= 0.6 is 0 Å². The van der Waals surface area contributed by atoms with Crippen LogP contribution in [-0.2, 0) is 11.3 Å². The van der Waals surface area contributed by atoms with Crippen LogP contribution in [0.2, 0.25) is 0 Å². The minimum Gasteiger partial charge on any atom is -0.367 e. The lowest BCUT2D eigenvalue weighted by atomic mass is 10.1. The van der Waals surface area contributed by atoms with E-state index in [0.29, 0.717) is 6.10 Å². The highest BCUT2D eigenvalue weighted by Gasteiger charge is 2.30. The summed E-state index contributed by atoms with van der Waals surface area (Å²) in [6, 6.07) is 8.57. The Morgan fingerprint density at radius 3 is 2.62 bits per heavy atom. The van der Waals surface area contributed by atoms with Gasteiger partial charge >= 0.3 is 0 Å². The Hall–Kier alpha value is -1.88. The van der Waals surface area contributed by atoms with Crippen LogP contribution < -0.4 is 4.90 Å². The van der Waals surface area contributed by atoms with Gasteiger partial charge in [-0.3, -0.25) is 4.57 Å². The van der Waals surface area contributed by atoms with E-state index in [1.165, 1.54) is 24.0 Å². The van der Waals surface area contributed by atoms with Crippen molar-refractivity contribution in [2.24, 2.45) is 0 Å². The van der Waals surface area contributed by atoms with Crippen LogP contribution in [0.25, 0.3) is 0 Å². The fourth-order valence-electron chi connectivity index (χ4n) is 3.80. The zero-order chi connectivity index (χ0) is 16.5. The standard InChI is InChI=1S/C19H26N4O/c1-14-7-3-4-8-16(14)13-23-18(17-10-9-15(2)24-17)20-21-19(23)22-11-5-6-12-22/h3-4,7-8,15,17H,5-6,9-13H2,1-2H3/t15-,17-/m0/s1. The van der Waals surface area contributed by atoms with Crippen LogP contribution in [0.4, 0.5) is 5.95 Å². The van der Waals surface area contributed by atoms with Crippen LogP contribution in [0.15, 0.2) is 24.3 Å². The van der Waals surface area contributed by atoms with Crippen molar-refractivity contribution in [3.63, 3.8) is 0 Å².